The van der Waals surface area contributed by atoms with Crippen LogP contribution < -0.4 is 0 Å². The number of rotatable bonds is 11. The van der Waals surface area contributed by atoms with E-state index in [9.17, 15) is 8.78 Å². The molecule has 2 saturated carbocycles. The highest BCUT2D eigenvalue weighted by molar-refractivity contribution is 4.84. The lowest BCUT2D eigenvalue weighted by molar-refractivity contribution is -0.0233. The maximum Gasteiger partial charge on any atom is 0.266 e. The van der Waals surface area contributed by atoms with E-state index >= 15 is 0 Å². The zero-order valence-corrected chi connectivity index (χ0v) is 19.8. The summed E-state index contributed by atoms with van der Waals surface area (Å²) < 4.78 is 36.3. The molecule has 3 rings (SSSR count). The molecule has 1 aliphatic heterocycles. The van der Waals surface area contributed by atoms with Crippen LogP contribution in [-0.4, -0.2) is 25.4 Å². The third-order valence-corrected chi connectivity index (χ3v) is 8.36. The van der Waals surface area contributed by atoms with Crippen molar-refractivity contribution in [1.29, 1.82) is 0 Å². The average Bonchev–Trinajstić information content (AvgIpc) is 2.79. The molecule has 2 atom stereocenters. The molecule has 0 spiro atoms. The third-order valence-electron chi connectivity index (χ3n) is 8.36. The Kier molecular flexibility index (Phi) is 11.3. The van der Waals surface area contributed by atoms with E-state index < -0.39 is 6.08 Å². The Bertz CT molecular complexity index is 495. The predicted molar refractivity (Wildman–Crippen MR) is 123 cm³/mol. The topological polar surface area (TPSA) is 18.5 Å². The molecular formula is C27H46F2O2. The highest BCUT2D eigenvalue weighted by Gasteiger charge is 2.31. The molecule has 0 amide bonds. The smallest absolute Gasteiger partial charge is 0.266 e. The third kappa shape index (κ3) is 9.12. The summed E-state index contributed by atoms with van der Waals surface area (Å²) in [5.41, 5.74) is 0. The first-order chi connectivity index (χ1) is 15.1. The molecule has 2 nitrogen and oxygen atoms in total. The monoisotopic (exact) mass is 440 g/mol. The van der Waals surface area contributed by atoms with E-state index in [4.69, 9.17) is 9.47 Å². The first-order valence-corrected chi connectivity index (χ1v) is 13.4. The number of ether oxygens (including phenoxy) is 2. The molecule has 0 radical (unpaired) electrons. The summed E-state index contributed by atoms with van der Waals surface area (Å²) >= 11 is 0. The highest BCUT2D eigenvalue weighted by atomic mass is 19.3. The van der Waals surface area contributed by atoms with Gasteiger partial charge in [-0.1, -0.05) is 32.6 Å². The molecule has 0 aromatic heterocycles. The number of hydrogen-bond donors (Lipinski definition) is 0. The first-order valence-electron chi connectivity index (χ1n) is 13.4. The molecule has 180 valence electrons. The van der Waals surface area contributed by atoms with E-state index in [1.165, 1.54) is 83.5 Å². The van der Waals surface area contributed by atoms with Gasteiger partial charge in [0, 0.05) is 13.2 Å². The van der Waals surface area contributed by atoms with E-state index in [1.807, 2.05) is 0 Å². The van der Waals surface area contributed by atoms with Crippen molar-refractivity contribution in [2.24, 2.45) is 23.7 Å². The second-order valence-electron chi connectivity index (χ2n) is 10.6. The van der Waals surface area contributed by atoms with Crippen molar-refractivity contribution in [2.45, 2.75) is 122 Å². The molecule has 0 aromatic carbocycles. The Labute approximate surface area is 189 Å². The molecule has 0 bridgehead atoms. The minimum atomic E-state index is -1.56. The van der Waals surface area contributed by atoms with Crippen molar-refractivity contribution in [2.75, 3.05) is 13.2 Å². The molecule has 3 fully saturated rings. The van der Waals surface area contributed by atoms with Gasteiger partial charge in [-0.3, -0.25) is 0 Å². The Morgan fingerprint density at radius 3 is 2.10 bits per heavy atom. The van der Waals surface area contributed by atoms with E-state index in [0.29, 0.717) is 18.4 Å². The molecule has 0 N–H and O–H groups in total. The summed E-state index contributed by atoms with van der Waals surface area (Å²) in [4.78, 5) is 0. The molecule has 2 unspecified atom stereocenters. The van der Waals surface area contributed by atoms with Crippen molar-refractivity contribution in [3.8, 4) is 0 Å². The molecule has 31 heavy (non-hydrogen) atoms. The number of allylic oxidation sites excluding steroid dienone is 1. The molecule has 1 saturated heterocycles. The molecule has 0 aromatic rings. The number of hydrogen-bond acceptors (Lipinski definition) is 2. The summed E-state index contributed by atoms with van der Waals surface area (Å²) in [7, 11) is 0. The van der Waals surface area contributed by atoms with Gasteiger partial charge in [0.15, 0.2) is 0 Å². The summed E-state index contributed by atoms with van der Waals surface area (Å²) in [6, 6.07) is 0. The summed E-state index contributed by atoms with van der Waals surface area (Å²) in [6.45, 7) is 4.03. The van der Waals surface area contributed by atoms with Gasteiger partial charge >= 0.3 is 0 Å². The van der Waals surface area contributed by atoms with Gasteiger partial charge in [0.25, 0.3) is 6.08 Å². The zero-order valence-electron chi connectivity index (χ0n) is 19.8. The lowest BCUT2D eigenvalue weighted by Crippen LogP contribution is -2.29. The first kappa shape index (κ1) is 25.1. The SMILES string of the molecule is CCCCOC1CCC(C2CCC(CCC3CCC(CCC=C(F)F)OC3)CC2)CC1. The standard InChI is InChI=1S/C27H46F2O2/c1-2-3-19-30-26-17-14-24(15-18-26)23-12-9-21(10-13-23)7-8-22-11-16-25(31-20-22)5-4-6-27(28)29/h6,21-26H,2-5,7-20H2,1H3. The van der Waals surface area contributed by atoms with E-state index in [-0.39, 0.29) is 6.10 Å². The minimum Gasteiger partial charge on any atom is -0.378 e. The van der Waals surface area contributed by atoms with Crippen molar-refractivity contribution >= 4 is 0 Å². The largest absolute Gasteiger partial charge is 0.378 e. The van der Waals surface area contributed by atoms with Gasteiger partial charge < -0.3 is 9.47 Å². The van der Waals surface area contributed by atoms with Gasteiger partial charge in [0.1, 0.15) is 0 Å². The van der Waals surface area contributed by atoms with Crippen LogP contribution in [0.25, 0.3) is 0 Å². The Balaban J connectivity index is 1.23. The van der Waals surface area contributed by atoms with Crippen LogP contribution in [0.4, 0.5) is 8.78 Å². The maximum absolute atomic E-state index is 12.1. The normalized spacial score (nSPS) is 34.4. The van der Waals surface area contributed by atoms with Gasteiger partial charge in [-0.25, -0.2) is 0 Å². The van der Waals surface area contributed by atoms with Crippen LogP contribution in [-0.2, 0) is 9.47 Å². The highest BCUT2D eigenvalue weighted by Crippen LogP contribution is 2.42. The van der Waals surface area contributed by atoms with Crippen molar-refractivity contribution in [1.82, 2.24) is 0 Å². The lowest BCUT2D eigenvalue weighted by Gasteiger charge is -2.38. The Morgan fingerprint density at radius 1 is 0.839 bits per heavy atom. The van der Waals surface area contributed by atoms with Gasteiger partial charge in [-0.2, -0.15) is 8.78 Å². The fourth-order valence-electron chi connectivity index (χ4n) is 6.23. The van der Waals surface area contributed by atoms with Crippen LogP contribution in [0.15, 0.2) is 12.2 Å². The van der Waals surface area contributed by atoms with Crippen LogP contribution in [0, 0.1) is 23.7 Å². The van der Waals surface area contributed by atoms with Crippen LogP contribution in [0.3, 0.4) is 0 Å². The van der Waals surface area contributed by atoms with Crippen molar-refractivity contribution < 1.29 is 18.3 Å². The van der Waals surface area contributed by atoms with E-state index in [0.717, 1.165) is 49.9 Å². The molecular weight excluding hydrogens is 394 g/mol. The number of halogens is 2. The van der Waals surface area contributed by atoms with Gasteiger partial charge in [-0.05, 0) is 107 Å². The molecule has 1 heterocycles. The summed E-state index contributed by atoms with van der Waals surface area (Å²) in [5.74, 6) is 3.52. The Hall–Kier alpha value is -0.480. The van der Waals surface area contributed by atoms with Crippen LogP contribution in [0.1, 0.15) is 110 Å². The maximum atomic E-state index is 12.1. The summed E-state index contributed by atoms with van der Waals surface area (Å²) in [5, 5.41) is 0. The van der Waals surface area contributed by atoms with Crippen LogP contribution >= 0.6 is 0 Å². The molecule has 4 heteroatoms. The van der Waals surface area contributed by atoms with Crippen LogP contribution in [0.5, 0.6) is 0 Å². The van der Waals surface area contributed by atoms with Crippen molar-refractivity contribution in [3.63, 3.8) is 0 Å². The fraction of sp³-hybridized carbons (Fsp3) is 0.926. The average molecular weight is 441 g/mol. The fourth-order valence-corrected chi connectivity index (χ4v) is 6.23. The predicted octanol–water partition coefficient (Wildman–Crippen LogP) is 8.30. The van der Waals surface area contributed by atoms with Gasteiger partial charge in [-0.15, -0.1) is 0 Å². The van der Waals surface area contributed by atoms with Gasteiger partial charge in [0.2, 0.25) is 0 Å². The van der Waals surface area contributed by atoms with E-state index in [1.54, 1.807) is 0 Å². The molecule has 2 aliphatic carbocycles. The Morgan fingerprint density at radius 2 is 1.48 bits per heavy atom. The number of unbranched alkanes of at least 4 members (excludes halogenated alkanes) is 1. The second kappa shape index (κ2) is 13.9. The zero-order chi connectivity index (χ0) is 21.9. The molecule has 3 aliphatic rings. The van der Waals surface area contributed by atoms with Gasteiger partial charge in [0.05, 0.1) is 12.2 Å². The second-order valence-corrected chi connectivity index (χ2v) is 10.6. The van der Waals surface area contributed by atoms with Crippen LogP contribution in [0.2, 0.25) is 0 Å². The van der Waals surface area contributed by atoms with Crippen molar-refractivity contribution in [3.05, 3.63) is 12.2 Å². The minimum absolute atomic E-state index is 0.189. The lowest BCUT2D eigenvalue weighted by atomic mass is 9.69. The summed E-state index contributed by atoms with van der Waals surface area (Å²) in [6.07, 6.45) is 19.8. The quantitative estimate of drug-likeness (QED) is 0.301. The van der Waals surface area contributed by atoms with E-state index in [2.05, 4.69) is 6.92 Å².